The van der Waals surface area contributed by atoms with Gasteiger partial charge in [0, 0.05) is 5.56 Å². The van der Waals surface area contributed by atoms with Crippen LogP contribution in [0.15, 0.2) is 36.4 Å². The molecule has 0 amide bonds. The highest BCUT2D eigenvalue weighted by molar-refractivity contribution is 5.74. The second kappa shape index (κ2) is 4.84. The predicted molar refractivity (Wildman–Crippen MR) is 64.8 cm³/mol. The monoisotopic (exact) mass is 265 g/mol. The Balaban J connectivity index is 2.55. The van der Waals surface area contributed by atoms with E-state index >= 15 is 0 Å². The number of aryl methyl sites for hydroxylation is 1. The molecule has 0 aliphatic carbocycles. The van der Waals surface area contributed by atoms with Crippen molar-refractivity contribution in [3.63, 3.8) is 0 Å². The van der Waals surface area contributed by atoms with Crippen molar-refractivity contribution in [3.8, 4) is 11.3 Å². The first kappa shape index (κ1) is 13.3. The SMILES string of the molecule is Cc1cc(-c2cccc(C=O)n2)cc(C(F)(F)F)c1. The third-order valence-electron chi connectivity index (χ3n) is 2.59. The smallest absolute Gasteiger partial charge is 0.296 e. The third-order valence-corrected chi connectivity index (χ3v) is 2.59. The van der Waals surface area contributed by atoms with Gasteiger partial charge in [-0.15, -0.1) is 0 Å². The number of aromatic nitrogens is 1. The average Bonchev–Trinajstić information content (AvgIpc) is 2.37. The molecule has 0 aliphatic heterocycles. The van der Waals surface area contributed by atoms with Crippen molar-refractivity contribution < 1.29 is 18.0 Å². The van der Waals surface area contributed by atoms with Crippen molar-refractivity contribution in [2.75, 3.05) is 0 Å². The summed E-state index contributed by atoms with van der Waals surface area (Å²) in [5, 5.41) is 0. The zero-order chi connectivity index (χ0) is 14.0. The second-order valence-corrected chi connectivity index (χ2v) is 4.15. The number of aldehydes is 1. The first-order valence-electron chi connectivity index (χ1n) is 5.51. The summed E-state index contributed by atoms with van der Waals surface area (Å²) >= 11 is 0. The van der Waals surface area contributed by atoms with Crippen LogP contribution in [-0.4, -0.2) is 11.3 Å². The van der Waals surface area contributed by atoms with Crippen molar-refractivity contribution in [1.82, 2.24) is 4.98 Å². The van der Waals surface area contributed by atoms with E-state index in [2.05, 4.69) is 4.98 Å². The Morgan fingerprint density at radius 1 is 1.16 bits per heavy atom. The van der Waals surface area contributed by atoms with Gasteiger partial charge >= 0.3 is 6.18 Å². The maximum Gasteiger partial charge on any atom is 0.416 e. The molecule has 0 spiro atoms. The van der Waals surface area contributed by atoms with Gasteiger partial charge in [0.25, 0.3) is 0 Å². The summed E-state index contributed by atoms with van der Waals surface area (Å²) in [6, 6.07) is 8.36. The molecule has 1 heterocycles. The van der Waals surface area contributed by atoms with Crippen LogP contribution in [0.5, 0.6) is 0 Å². The number of hydrogen-bond acceptors (Lipinski definition) is 2. The molecule has 98 valence electrons. The molecule has 19 heavy (non-hydrogen) atoms. The van der Waals surface area contributed by atoms with Crippen molar-refractivity contribution >= 4 is 6.29 Å². The fourth-order valence-electron chi connectivity index (χ4n) is 1.77. The molecule has 2 nitrogen and oxygen atoms in total. The number of pyridine rings is 1. The molecule has 2 aromatic rings. The molecule has 1 aromatic carbocycles. The molecule has 0 fully saturated rings. The van der Waals surface area contributed by atoms with Crippen LogP contribution in [0.25, 0.3) is 11.3 Å². The van der Waals surface area contributed by atoms with E-state index in [0.29, 0.717) is 23.1 Å². The van der Waals surface area contributed by atoms with Gasteiger partial charge in [-0.3, -0.25) is 4.79 Å². The standard InChI is InChI=1S/C14H10F3NO/c1-9-5-10(7-11(6-9)14(15,16)17)13-4-2-3-12(8-19)18-13/h2-8H,1H3. The van der Waals surface area contributed by atoms with Crippen LogP contribution in [-0.2, 0) is 6.18 Å². The highest BCUT2D eigenvalue weighted by atomic mass is 19.4. The Kier molecular flexibility index (Phi) is 3.38. The lowest BCUT2D eigenvalue weighted by Gasteiger charge is -2.10. The van der Waals surface area contributed by atoms with E-state index in [0.717, 1.165) is 12.1 Å². The quantitative estimate of drug-likeness (QED) is 0.771. The van der Waals surface area contributed by atoms with E-state index < -0.39 is 11.7 Å². The molecule has 0 aliphatic rings. The van der Waals surface area contributed by atoms with Crippen LogP contribution in [0.1, 0.15) is 21.6 Å². The molecule has 0 unspecified atom stereocenters. The summed E-state index contributed by atoms with van der Waals surface area (Å²) in [5.41, 5.74) is 0.645. The van der Waals surface area contributed by atoms with Crippen molar-refractivity contribution in [2.45, 2.75) is 13.1 Å². The normalized spacial score (nSPS) is 11.4. The first-order valence-corrected chi connectivity index (χ1v) is 5.51. The number of alkyl halides is 3. The summed E-state index contributed by atoms with van der Waals surface area (Å²) in [6.07, 6.45) is -3.84. The molecule has 0 radical (unpaired) electrons. The van der Waals surface area contributed by atoms with Gasteiger partial charge in [0.2, 0.25) is 0 Å². The topological polar surface area (TPSA) is 30.0 Å². The minimum Gasteiger partial charge on any atom is -0.296 e. The van der Waals surface area contributed by atoms with E-state index in [4.69, 9.17) is 0 Å². The van der Waals surface area contributed by atoms with E-state index in [9.17, 15) is 18.0 Å². The van der Waals surface area contributed by atoms with Crippen molar-refractivity contribution in [1.29, 1.82) is 0 Å². The molecule has 0 atom stereocenters. The average molecular weight is 265 g/mol. The van der Waals surface area contributed by atoms with Crippen LogP contribution < -0.4 is 0 Å². The Bertz CT molecular complexity index is 620. The van der Waals surface area contributed by atoms with E-state index in [1.165, 1.54) is 6.07 Å². The number of hydrogen-bond donors (Lipinski definition) is 0. The molecule has 2 rings (SSSR count). The van der Waals surface area contributed by atoms with E-state index in [-0.39, 0.29) is 5.69 Å². The van der Waals surface area contributed by atoms with Gasteiger partial charge in [-0.1, -0.05) is 6.07 Å². The Labute approximate surface area is 107 Å². The molecule has 1 aromatic heterocycles. The summed E-state index contributed by atoms with van der Waals surface area (Å²) < 4.78 is 38.2. The minimum absolute atomic E-state index is 0.188. The predicted octanol–water partition coefficient (Wildman–Crippen LogP) is 3.89. The highest BCUT2D eigenvalue weighted by Gasteiger charge is 2.31. The molecule has 0 N–H and O–H groups in total. The van der Waals surface area contributed by atoms with Crippen LogP contribution in [0.2, 0.25) is 0 Å². The number of benzene rings is 1. The second-order valence-electron chi connectivity index (χ2n) is 4.15. The molecule has 0 bridgehead atoms. The molecule has 0 saturated carbocycles. The van der Waals surface area contributed by atoms with Crippen LogP contribution in [0.4, 0.5) is 13.2 Å². The van der Waals surface area contributed by atoms with Crippen molar-refractivity contribution in [2.24, 2.45) is 0 Å². The zero-order valence-corrected chi connectivity index (χ0v) is 10.0. The molecule has 0 saturated heterocycles. The van der Waals surface area contributed by atoms with Gasteiger partial charge < -0.3 is 0 Å². The molecular weight excluding hydrogens is 255 g/mol. The van der Waals surface area contributed by atoms with Gasteiger partial charge in [-0.05, 0) is 42.8 Å². The molecular formula is C14H10F3NO. The van der Waals surface area contributed by atoms with E-state index in [1.54, 1.807) is 25.1 Å². The number of nitrogens with zero attached hydrogens (tertiary/aromatic N) is 1. The fourth-order valence-corrected chi connectivity index (χ4v) is 1.77. The summed E-state index contributed by atoms with van der Waals surface area (Å²) in [6.45, 7) is 1.59. The fraction of sp³-hybridized carbons (Fsp3) is 0.143. The number of rotatable bonds is 2. The van der Waals surface area contributed by atoms with Gasteiger partial charge in [0.1, 0.15) is 5.69 Å². The first-order chi connectivity index (χ1) is 8.90. The zero-order valence-electron chi connectivity index (χ0n) is 10.0. The van der Waals surface area contributed by atoms with E-state index in [1.807, 2.05) is 0 Å². The van der Waals surface area contributed by atoms with Gasteiger partial charge in [-0.2, -0.15) is 13.2 Å². The summed E-state index contributed by atoms with van der Waals surface area (Å²) in [7, 11) is 0. The Morgan fingerprint density at radius 2 is 1.89 bits per heavy atom. The minimum atomic E-state index is -4.40. The number of halogens is 3. The van der Waals surface area contributed by atoms with Crippen LogP contribution >= 0.6 is 0 Å². The van der Waals surface area contributed by atoms with Gasteiger partial charge in [0.15, 0.2) is 6.29 Å². The lowest BCUT2D eigenvalue weighted by Crippen LogP contribution is -2.05. The maximum absolute atomic E-state index is 12.7. The van der Waals surface area contributed by atoms with Gasteiger partial charge in [-0.25, -0.2) is 4.98 Å². The largest absolute Gasteiger partial charge is 0.416 e. The number of carbonyl (C=O) groups excluding carboxylic acids is 1. The Hall–Kier alpha value is -2.17. The third kappa shape index (κ3) is 2.99. The van der Waals surface area contributed by atoms with Crippen LogP contribution in [0.3, 0.4) is 0 Å². The number of carbonyl (C=O) groups is 1. The summed E-state index contributed by atoms with van der Waals surface area (Å²) in [4.78, 5) is 14.6. The van der Waals surface area contributed by atoms with Crippen molar-refractivity contribution in [3.05, 3.63) is 53.2 Å². The lowest BCUT2D eigenvalue weighted by molar-refractivity contribution is -0.137. The highest BCUT2D eigenvalue weighted by Crippen LogP contribution is 2.32. The Morgan fingerprint density at radius 3 is 2.53 bits per heavy atom. The molecule has 5 heteroatoms. The van der Waals surface area contributed by atoms with Crippen LogP contribution in [0, 0.1) is 6.92 Å². The lowest BCUT2D eigenvalue weighted by atomic mass is 10.0. The maximum atomic E-state index is 12.7. The summed E-state index contributed by atoms with van der Waals surface area (Å²) in [5.74, 6) is 0. The van der Waals surface area contributed by atoms with Gasteiger partial charge in [0.05, 0.1) is 11.3 Å².